The Morgan fingerprint density at radius 2 is 1.94 bits per heavy atom. The third-order valence-electron chi connectivity index (χ3n) is 2.69. The molecule has 4 nitrogen and oxygen atoms in total. The van der Waals surface area contributed by atoms with Gasteiger partial charge in [0.25, 0.3) is 0 Å². The second kappa shape index (κ2) is 6.31. The summed E-state index contributed by atoms with van der Waals surface area (Å²) in [7, 11) is 4.14. The van der Waals surface area contributed by atoms with Crippen molar-refractivity contribution in [3.05, 3.63) is 16.5 Å². The van der Waals surface area contributed by atoms with E-state index in [0.717, 1.165) is 22.8 Å². The summed E-state index contributed by atoms with van der Waals surface area (Å²) in [6.07, 6.45) is 0. The Morgan fingerprint density at radius 1 is 1.29 bits per heavy atom. The fraction of sp³-hybridized carbons (Fsp3) is 0.667. The van der Waals surface area contributed by atoms with E-state index in [1.54, 1.807) is 0 Å². The molecular formula is C12H21BrN4. The van der Waals surface area contributed by atoms with Crippen molar-refractivity contribution in [2.45, 2.75) is 32.7 Å². The number of halogens is 1. The van der Waals surface area contributed by atoms with Crippen LogP contribution >= 0.6 is 15.9 Å². The molecule has 0 radical (unpaired) electrons. The molecule has 17 heavy (non-hydrogen) atoms. The van der Waals surface area contributed by atoms with E-state index in [0.29, 0.717) is 12.0 Å². The molecule has 1 atom stereocenters. The molecule has 1 aromatic heterocycles. The number of nitrogens with zero attached hydrogens (tertiary/aromatic N) is 3. The highest BCUT2D eigenvalue weighted by Gasteiger charge is 2.08. The number of hydrogen-bond acceptors (Lipinski definition) is 4. The Balaban J connectivity index is 2.71. The lowest BCUT2D eigenvalue weighted by molar-refractivity contribution is 0.326. The maximum absolute atomic E-state index is 4.49. The highest BCUT2D eigenvalue weighted by molar-refractivity contribution is 9.10. The largest absolute Gasteiger partial charge is 0.368 e. The Kier molecular flexibility index (Phi) is 5.33. The van der Waals surface area contributed by atoms with Gasteiger partial charge in [-0.25, -0.2) is 9.97 Å². The summed E-state index contributed by atoms with van der Waals surface area (Å²) in [5.41, 5.74) is 0. The predicted molar refractivity (Wildman–Crippen MR) is 75.5 cm³/mol. The van der Waals surface area contributed by atoms with Crippen LogP contribution in [0.3, 0.4) is 0 Å². The van der Waals surface area contributed by atoms with Gasteiger partial charge >= 0.3 is 0 Å². The third kappa shape index (κ3) is 4.60. The van der Waals surface area contributed by atoms with Crippen LogP contribution in [0.4, 0.5) is 5.82 Å². The van der Waals surface area contributed by atoms with Crippen LogP contribution in [0.2, 0.25) is 0 Å². The SMILES string of the molecule is CC(C)c1nc(Br)cc(NCC(C)N(C)C)n1. The van der Waals surface area contributed by atoms with E-state index in [-0.39, 0.29) is 0 Å². The van der Waals surface area contributed by atoms with Crippen LogP contribution in [0.15, 0.2) is 10.7 Å². The molecule has 0 aliphatic rings. The van der Waals surface area contributed by atoms with Gasteiger partial charge in [0, 0.05) is 24.6 Å². The van der Waals surface area contributed by atoms with Gasteiger partial charge in [0.05, 0.1) is 0 Å². The van der Waals surface area contributed by atoms with Crippen molar-refractivity contribution in [3.8, 4) is 0 Å². The van der Waals surface area contributed by atoms with E-state index in [1.165, 1.54) is 0 Å². The number of hydrogen-bond donors (Lipinski definition) is 1. The van der Waals surface area contributed by atoms with E-state index in [9.17, 15) is 0 Å². The predicted octanol–water partition coefficient (Wildman–Crippen LogP) is 2.72. The Labute approximate surface area is 112 Å². The van der Waals surface area contributed by atoms with Gasteiger partial charge in [-0.1, -0.05) is 13.8 Å². The van der Waals surface area contributed by atoms with Crippen LogP contribution in [0.1, 0.15) is 32.5 Å². The van der Waals surface area contributed by atoms with Crippen LogP contribution in [0.5, 0.6) is 0 Å². The van der Waals surface area contributed by atoms with Crippen molar-refractivity contribution in [1.82, 2.24) is 14.9 Å². The number of likely N-dealkylation sites (N-methyl/N-ethyl adjacent to an activating group) is 1. The number of aromatic nitrogens is 2. The van der Waals surface area contributed by atoms with Crippen LogP contribution < -0.4 is 5.32 Å². The minimum atomic E-state index is 0.333. The molecule has 0 bridgehead atoms. The molecule has 1 rings (SSSR count). The molecule has 0 spiro atoms. The molecule has 1 N–H and O–H groups in total. The minimum Gasteiger partial charge on any atom is -0.368 e. The molecule has 1 unspecified atom stereocenters. The monoisotopic (exact) mass is 300 g/mol. The lowest BCUT2D eigenvalue weighted by Gasteiger charge is -2.20. The van der Waals surface area contributed by atoms with Gasteiger partial charge in [-0.05, 0) is 36.9 Å². The quantitative estimate of drug-likeness (QED) is 0.849. The van der Waals surface area contributed by atoms with Gasteiger partial charge in [-0.3, -0.25) is 0 Å². The smallest absolute Gasteiger partial charge is 0.134 e. The van der Waals surface area contributed by atoms with E-state index >= 15 is 0 Å². The van der Waals surface area contributed by atoms with Crippen LogP contribution in [-0.2, 0) is 0 Å². The molecule has 0 aliphatic heterocycles. The van der Waals surface area contributed by atoms with Gasteiger partial charge in [-0.2, -0.15) is 0 Å². The zero-order valence-corrected chi connectivity index (χ0v) is 12.7. The Bertz CT molecular complexity index is 366. The van der Waals surface area contributed by atoms with Gasteiger partial charge in [0.2, 0.25) is 0 Å². The molecule has 5 heteroatoms. The first-order chi connectivity index (χ1) is 7.90. The van der Waals surface area contributed by atoms with Gasteiger partial charge in [-0.15, -0.1) is 0 Å². The van der Waals surface area contributed by atoms with Crippen LogP contribution in [-0.4, -0.2) is 41.5 Å². The first kappa shape index (κ1) is 14.4. The zero-order valence-electron chi connectivity index (χ0n) is 11.2. The highest BCUT2D eigenvalue weighted by atomic mass is 79.9. The summed E-state index contributed by atoms with van der Waals surface area (Å²) in [5.74, 6) is 2.07. The molecule has 0 saturated carbocycles. The number of rotatable bonds is 5. The van der Waals surface area contributed by atoms with Gasteiger partial charge in [0.15, 0.2) is 0 Å². The summed E-state index contributed by atoms with van der Waals surface area (Å²) in [6.45, 7) is 7.22. The topological polar surface area (TPSA) is 41.1 Å². The fourth-order valence-corrected chi connectivity index (χ4v) is 1.62. The second-order valence-electron chi connectivity index (χ2n) is 4.78. The van der Waals surface area contributed by atoms with Crippen molar-refractivity contribution in [2.75, 3.05) is 26.0 Å². The zero-order chi connectivity index (χ0) is 13.0. The van der Waals surface area contributed by atoms with Crippen molar-refractivity contribution in [1.29, 1.82) is 0 Å². The van der Waals surface area contributed by atoms with Crippen molar-refractivity contribution in [2.24, 2.45) is 0 Å². The van der Waals surface area contributed by atoms with Crippen molar-refractivity contribution in [3.63, 3.8) is 0 Å². The molecule has 96 valence electrons. The summed E-state index contributed by atoms with van der Waals surface area (Å²) in [4.78, 5) is 11.0. The van der Waals surface area contributed by atoms with E-state index in [2.05, 4.69) is 71.0 Å². The molecule has 1 heterocycles. The lowest BCUT2D eigenvalue weighted by atomic mass is 10.2. The third-order valence-corrected chi connectivity index (χ3v) is 3.09. The summed E-state index contributed by atoms with van der Waals surface area (Å²) >= 11 is 3.42. The number of anilines is 1. The molecule has 0 aliphatic carbocycles. The maximum Gasteiger partial charge on any atom is 0.134 e. The normalized spacial score (nSPS) is 13.2. The molecule has 0 amide bonds. The summed E-state index contributed by atoms with van der Waals surface area (Å²) in [5, 5.41) is 3.34. The molecule has 0 saturated heterocycles. The fourth-order valence-electron chi connectivity index (χ4n) is 1.22. The minimum absolute atomic E-state index is 0.333. The van der Waals surface area contributed by atoms with E-state index in [4.69, 9.17) is 0 Å². The first-order valence-electron chi connectivity index (χ1n) is 5.85. The maximum atomic E-state index is 4.49. The van der Waals surface area contributed by atoms with Crippen LogP contribution in [0, 0.1) is 0 Å². The average Bonchev–Trinajstić information content (AvgIpc) is 2.24. The second-order valence-corrected chi connectivity index (χ2v) is 5.59. The van der Waals surface area contributed by atoms with E-state index < -0.39 is 0 Å². The Morgan fingerprint density at radius 3 is 2.47 bits per heavy atom. The summed E-state index contributed by atoms with van der Waals surface area (Å²) in [6, 6.07) is 2.38. The average molecular weight is 301 g/mol. The Hall–Kier alpha value is -0.680. The van der Waals surface area contributed by atoms with Crippen molar-refractivity contribution >= 4 is 21.7 Å². The van der Waals surface area contributed by atoms with Gasteiger partial charge in [0.1, 0.15) is 16.2 Å². The standard InChI is InChI=1S/C12H21BrN4/c1-8(2)12-15-10(13)6-11(16-12)14-7-9(3)17(4)5/h6,8-9H,7H2,1-5H3,(H,14,15,16). The number of nitrogens with one attached hydrogen (secondary N) is 1. The lowest BCUT2D eigenvalue weighted by Crippen LogP contribution is -2.31. The molecule has 0 fully saturated rings. The molecular weight excluding hydrogens is 280 g/mol. The van der Waals surface area contributed by atoms with Crippen LogP contribution in [0.25, 0.3) is 0 Å². The van der Waals surface area contributed by atoms with Crippen molar-refractivity contribution < 1.29 is 0 Å². The highest BCUT2D eigenvalue weighted by Crippen LogP contribution is 2.17. The summed E-state index contributed by atoms with van der Waals surface area (Å²) < 4.78 is 0.830. The van der Waals surface area contributed by atoms with Gasteiger partial charge < -0.3 is 10.2 Å². The first-order valence-corrected chi connectivity index (χ1v) is 6.64. The molecule has 0 aromatic carbocycles. The van der Waals surface area contributed by atoms with E-state index in [1.807, 2.05) is 6.07 Å². The molecule has 1 aromatic rings.